The van der Waals surface area contributed by atoms with Gasteiger partial charge in [0.2, 0.25) is 0 Å². The first-order chi connectivity index (χ1) is 6.16. The van der Waals surface area contributed by atoms with Gasteiger partial charge in [-0.05, 0) is 12.1 Å². The van der Waals surface area contributed by atoms with Gasteiger partial charge in [-0.1, -0.05) is 29.3 Å². The Hall–Kier alpha value is -0.910. The van der Waals surface area contributed by atoms with Gasteiger partial charge in [-0.15, -0.1) is 0 Å². The molecule has 0 N–H and O–H groups in total. The smallest absolute Gasteiger partial charge is 0.105 e. The number of hydrogen-bond acceptors (Lipinski definition) is 2. The van der Waals surface area contributed by atoms with Gasteiger partial charge in [0.1, 0.15) is 6.54 Å². The number of benzene rings is 1. The number of rotatable bonds is 2. The summed E-state index contributed by atoms with van der Waals surface area (Å²) >= 11 is 11.8. The van der Waals surface area contributed by atoms with E-state index in [9.17, 15) is 0 Å². The normalized spacial score (nSPS) is 9.38. The van der Waals surface area contributed by atoms with Gasteiger partial charge in [-0.2, -0.15) is 5.26 Å². The van der Waals surface area contributed by atoms with Crippen LogP contribution >= 0.6 is 23.2 Å². The highest BCUT2D eigenvalue weighted by molar-refractivity contribution is 6.43. The van der Waals surface area contributed by atoms with E-state index in [2.05, 4.69) is 0 Å². The summed E-state index contributed by atoms with van der Waals surface area (Å²) in [6, 6.07) is 7.38. The predicted molar refractivity (Wildman–Crippen MR) is 55.3 cm³/mol. The summed E-state index contributed by atoms with van der Waals surface area (Å²) < 4.78 is 0. The minimum absolute atomic E-state index is 0.292. The quantitative estimate of drug-likeness (QED) is 0.709. The Kier molecular flexibility index (Phi) is 3.41. The molecule has 13 heavy (non-hydrogen) atoms. The van der Waals surface area contributed by atoms with Crippen LogP contribution in [0.3, 0.4) is 0 Å². The van der Waals surface area contributed by atoms with Crippen LogP contribution in [0, 0.1) is 11.3 Å². The van der Waals surface area contributed by atoms with E-state index in [1.807, 2.05) is 12.1 Å². The average Bonchev–Trinajstić information content (AvgIpc) is 2.10. The molecular formula is C9H8Cl2N2. The molecule has 1 rings (SSSR count). The molecule has 1 aromatic carbocycles. The molecule has 68 valence electrons. The lowest BCUT2D eigenvalue weighted by molar-refractivity contribution is 1.04. The van der Waals surface area contributed by atoms with E-state index >= 15 is 0 Å². The maximum absolute atomic E-state index is 8.49. The van der Waals surface area contributed by atoms with Crippen molar-refractivity contribution < 1.29 is 0 Å². The summed E-state index contributed by atoms with van der Waals surface area (Å²) in [4.78, 5) is 1.74. The van der Waals surface area contributed by atoms with E-state index < -0.39 is 0 Å². The fourth-order valence-corrected chi connectivity index (χ4v) is 1.42. The maximum atomic E-state index is 8.49. The Bertz CT molecular complexity index is 344. The van der Waals surface area contributed by atoms with Crippen molar-refractivity contribution in [1.29, 1.82) is 5.26 Å². The molecule has 0 fully saturated rings. The maximum Gasteiger partial charge on any atom is 0.105 e. The zero-order valence-corrected chi connectivity index (χ0v) is 8.60. The molecule has 0 bridgehead atoms. The number of nitriles is 1. The van der Waals surface area contributed by atoms with Crippen LogP contribution < -0.4 is 4.90 Å². The first-order valence-corrected chi connectivity index (χ1v) is 4.44. The summed E-state index contributed by atoms with van der Waals surface area (Å²) in [6.07, 6.45) is 0. The lowest BCUT2D eigenvalue weighted by Gasteiger charge is -2.16. The van der Waals surface area contributed by atoms with Gasteiger partial charge >= 0.3 is 0 Å². The van der Waals surface area contributed by atoms with Crippen molar-refractivity contribution in [2.45, 2.75) is 0 Å². The first kappa shape index (κ1) is 10.2. The van der Waals surface area contributed by atoms with Gasteiger partial charge in [0.15, 0.2) is 0 Å². The van der Waals surface area contributed by atoms with E-state index in [-0.39, 0.29) is 0 Å². The number of anilines is 1. The van der Waals surface area contributed by atoms with Crippen molar-refractivity contribution in [1.82, 2.24) is 0 Å². The first-order valence-electron chi connectivity index (χ1n) is 3.69. The third kappa shape index (κ3) is 2.27. The standard InChI is InChI=1S/C9H8Cl2N2/c1-13(6-5-12)8-4-2-3-7(10)9(8)11/h2-4H,6H2,1H3. The Morgan fingerprint density at radius 3 is 2.77 bits per heavy atom. The molecule has 4 heteroatoms. The highest BCUT2D eigenvalue weighted by Gasteiger charge is 2.07. The second-order valence-corrected chi connectivity index (χ2v) is 3.37. The molecule has 0 aliphatic carbocycles. The summed E-state index contributed by atoms with van der Waals surface area (Å²) in [5, 5.41) is 9.48. The zero-order chi connectivity index (χ0) is 9.84. The fourth-order valence-electron chi connectivity index (χ4n) is 0.978. The Labute approximate surface area is 87.3 Å². The van der Waals surface area contributed by atoms with Crippen molar-refractivity contribution in [3.63, 3.8) is 0 Å². The van der Waals surface area contributed by atoms with Gasteiger partial charge < -0.3 is 4.90 Å². The molecule has 0 aliphatic heterocycles. The molecule has 0 radical (unpaired) electrons. The Balaban J connectivity index is 3.02. The molecule has 0 amide bonds. The zero-order valence-electron chi connectivity index (χ0n) is 7.09. The second-order valence-electron chi connectivity index (χ2n) is 2.59. The topological polar surface area (TPSA) is 27.0 Å². The monoisotopic (exact) mass is 214 g/mol. The van der Waals surface area contributed by atoms with E-state index in [0.29, 0.717) is 16.6 Å². The van der Waals surface area contributed by atoms with Gasteiger partial charge in [0, 0.05) is 7.05 Å². The highest BCUT2D eigenvalue weighted by atomic mass is 35.5. The Morgan fingerprint density at radius 2 is 2.15 bits per heavy atom. The van der Waals surface area contributed by atoms with Gasteiger partial charge in [-0.3, -0.25) is 0 Å². The second kappa shape index (κ2) is 4.36. The van der Waals surface area contributed by atoms with E-state index in [4.69, 9.17) is 28.5 Å². The van der Waals surface area contributed by atoms with Crippen LogP contribution in [0.5, 0.6) is 0 Å². The summed E-state index contributed by atoms with van der Waals surface area (Å²) in [5.41, 5.74) is 0.774. The van der Waals surface area contributed by atoms with Crippen LogP contribution in [0.25, 0.3) is 0 Å². The lowest BCUT2D eigenvalue weighted by Crippen LogP contribution is -2.17. The molecule has 0 spiro atoms. The van der Waals surface area contributed by atoms with Crippen molar-refractivity contribution in [2.24, 2.45) is 0 Å². The largest absolute Gasteiger partial charge is 0.360 e. The minimum atomic E-state index is 0.292. The van der Waals surface area contributed by atoms with E-state index in [1.165, 1.54) is 0 Å². The van der Waals surface area contributed by atoms with Crippen LogP contribution in [-0.2, 0) is 0 Å². The predicted octanol–water partition coefficient (Wildman–Crippen LogP) is 2.95. The van der Waals surface area contributed by atoms with Crippen LogP contribution in [-0.4, -0.2) is 13.6 Å². The number of hydrogen-bond donors (Lipinski definition) is 0. The average molecular weight is 215 g/mol. The van der Waals surface area contributed by atoms with Gasteiger partial charge in [-0.25, -0.2) is 0 Å². The summed E-state index contributed by atoms with van der Waals surface area (Å²) in [6.45, 7) is 0.292. The molecule has 0 aliphatic rings. The molecule has 0 heterocycles. The number of halogens is 2. The third-order valence-corrected chi connectivity index (χ3v) is 2.46. The van der Waals surface area contributed by atoms with Crippen LogP contribution in [0.4, 0.5) is 5.69 Å². The Morgan fingerprint density at radius 1 is 1.46 bits per heavy atom. The minimum Gasteiger partial charge on any atom is -0.360 e. The summed E-state index contributed by atoms with van der Waals surface area (Å²) in [7, 11) is 1.79. The van der Waals surface area contributed by atoms with Crippen LogP contribution in [0.15, 0.2) is 18.2 Å². The third-order valence-electron chi connectivity index (χ3n) is 1.65. The summed E-state index contributed by atoms with van der Waals surface area (Å²) in [5.74, 6) is 0. The van der Waals surface area contributed by atoms with Crippen molar-refractivity contribution in [3.8, 4) is 6.07 Å². The lowest BCUT2D eigenvalue weighted by atomic mass is 10.3. The van der Waals surface area contributed by atoms with Crippen molar-refractivity contribution >= 4 is 28.9 Å². The van der Waals surface area contributed by atoms with Crippen LogP contribution in [0.2, 0.25) is 10.0 Å². The SMILES string of the molecule is CN(CC#N)c1cccc(Cl)c1Cl. The van der Waals surface area contributed by atoms with Crippen LogP contribution in [0.1, 0.15) is 0 Å². The van der Waals surface area contributed by atoms with Gasteiger partial charge in [0.05, 0.1) is 21.8 Å². The van der Waals surface area contributed by atoms with Gasteiger partial charge in [0.25, 0.3) is 0 Å². The molecule has 0 aromatic heterocycles. The molecule has 0 saturated carbocycles. The van der Waals surface area contributed by atoms with E-state index in [1.54, 1.807) is 24.1 Å². The van der Waals surface area contributed by atoms with Crippen molar-refractivity contribution in [3.05, 3.63) is 28.2 Å². The molecule has 1 aromatic rings. The molecule has 2 nitrogen and oxygen atoms in total. The van der Waals surface area contributed by atoms with Crippen molar-refractivity contribution in [2.75, 3.05) is 18.5 Å². The molecule has 0 unspecified atom stereocenters. The highest BCUT2D eigenvalue weighted by Crippen LogP contribution is 2.31. The molecule has 0 saturated heterocycles. The molecular weight excluding hydrogens is 207 g/mol. The van der Waals surface area contributed by atoms with E-state index in [0.717, 1.165) is 5.69 Å². The fraction of sp³-hybridized carbons (Fsp3) is 0.222. The number of nitrogens with zero attached hydrogens (tertiary/aromatic N) is 2. The molecule has 0 atom stereocenters.